The Balaban J connectivity index is 2.37. The molecule has 0 amide bonds. The number of imidazole rings is 1. The molecular weight excluding hydrogens is 226 g/mol. The number of aliphatic hydroxyl groups excluding tert-OH is 1. The lowest BCUT2D eigenvalue weighted by Crippen LogP contribution is -2.02. The van der Waals surface area contributed by atoms with Gasteiger partial charge in [-0.05, 0) is 38.0 Å². The van der Waals surface area contributed by atoms with Gasteiger partial charge in [-0.1, -0.05) is 0 Å². The van der Waals surface area contributed by atoms with Gasteiger partial charge in [-0.3, -0.25) is 0 Å². The summed E-state index contributed by atoms with van der Waals surface area (Å²) in [7, 11) is 0. The summed E-state index contributed by atoms with van der Waals surface area (Å²) in [5.74, 6) is 1.04. The summed E-state index contributed by atoms with van der Waals surface area (Å²) in [4.78, 5) is 4.59. The minimum Gasteiger partial charge on any atom is -0.396 e. The van der Waals surface area contributed by atoms with Crippen LogP contribution in [0.15, 0.2) is 18.2 Å². The summed E-state index contributed by atoms with van der Waals surface area (Å²) in [5.41, 5.74) is 2.61. The molecule has 0 radical (unpaired) electrons. The molecule has 0 spiro atoms. The van der Waals surface area contributed by atoms with Gasteiger partial charge in [-0.25, -0.2) is 4.98 Å². The minimum atomic E-state index is 0.227. The number of nitrogens with zero attached hydrogens (tertiary/aromatic N) is 3. The van der Waals surface area contributed by atoms with Crippen molar-refractivity contribution < 1.29 is 5.11 Å². The Morgan fingerprint density at radius 1 is 1.39 bits per heavy atom. The Morgan fingerprint density at radius 3 is 2.89 bits per heavy atom. The highest BCUT2D eigenvalue weighted by Crippen LogP contribution is 2.19. The first-order chi connectivity index (χ1) is 8.80. The van der Waals surface area contributed by atoms with E-state index >= 15 is 0 Å². The summed E-state index contributed by atoms with van der Waals surface area (Å²) in [6.07, 6.45) is 2.60. The average molecular weight is 243 g/mol. The van der Waals surface area contributed by atoms with Crippen LogP contribution in [-0.2, 0) is 13.0 Å². The molecule has 2 rings (SSSR count). The maximum Gasteiger partial charge on any atom is 0.109 e. The van der Waals surface area contributed by atoms with Crippen LogP contribution in [0.3, 0.4) is 0 Å². The summed E-state index contributed by atoms with van der Waals surface area (Å²) in [6.45, 7) is 3.19. The lowest BCUT2D eigenvalue weighted by Gasteiger charge is -2.05. The second-order valence-corrected chi connectivity index (χ2v) is 4.27. The van der Waals surface area contributed by atoms with Gasteiger partial charge >= 0.3 is 0 Å². The molecule has 1 aromatic carbocycles. The molecule has 0 aliphatic rings. The first-order valence-electron chi connectivity index (χ1n) is 6.30. The highest BCUT2D eigenvalue weighted by molar-refractivity contribution is 5.77. The second-order valence-electron chi connectivity index (χ2n) is 4.27. The lowest BCUT2D eigenvalue weighted by atomic mass is 10.2. The first kappa shape index (κ1) is 12.6. The second kappa shape index (κ2) is 5.65. The molecule has 1 heterocycles. The lowest BCUT2D eigenvalue weighted by molar-refractivity contribution is 0.284. The number of aryl methyl sites for hydroxylation is 2. The quantitative estimate of drug-likeness (QED) is 0.819. The van der Waals surface area contributed by atoms with Crippen molar-refractivity contribution in [1.29, 1.82) is 5.26 Å². The SMILES string of the molecule is CCn1c(CCCCO)nc2cc(C#N)ccc21. The predicted molar refractivity (Wildman–Crippen MR) is 70.1 cm³/mol. The van der Waals surface area contributed by atoms with E-state index in [2.05, 4.69) is 22.5 Å². The van der Waals surface area contributed by atoms with Crippen LogP contribution in [0, 0.1) is 11.3 Å². The smallest absolute Gasteiger partial charge is 0.109 e. The average Bonchev–Trinajstić information content (AvgIpc) is 2.75. The van der Waals surface area contributed by atoms with Crippen molar-refractivity contribution >= 4 is 11.0 Å². The highest BCUT2D eigenvalue weighted by atomic mass is 16.2. The Hall–Kier alpha value is -1.86. The van der Waals surface area contributed by atoms with E-state index in [0.717, 1.165) is 42.7 Å². The number of aromatic nitrogens is 2. The van der Waals surface area contributed by atoms with Crippen molar-refractivity contribution in [3.8, 4) is 6.07 Å². The molecule has 1 aromatic heterocycles. The highest BCUT2D eigenvalue weighted by Gasteiger charge is 2.09. The molecule has 0 saturated carbocycles. The molecule has 0 aliphatic carbocycles. The van der Waals surface area contributed by atoms with Crippen LogP contribution in [0.25, 0.3) is 11.0 Å². The predicted octanol–water partition coefficient (Wildman–Crippen LogP) is 2.24. The van der Waals surface area contributed by atoms with Crippen LogP contribution in [0.4, 0.5) is 0 Å². The fourth-order valence-corrected chi connectivity index (χ4v) is 2.19. The number of hydrogen-bond donors (Lipinski definition) is 1. The molecule has 1 N–H and O–H groups in total. The number of benzene rings is 1. The topological polar surface area (TPSA) is 61.8 Å². The zero-order valence-corrected chi connectivity index (χ0v) is 10.6. The zero-order valence-electron chi connectivity index (χ0n) is 10.6. The molecular formula is C14H17N3O. The molecule has 2 aromatic rings. The van der Waals surface area contributed by atoms with E-state index in [-0.39, 0.29) is 6.61 Å². The summed E-state index contributed by atoms with van der Waals surface area (Å²) in [6, 6.07) is 7.75. The normalized spacial score (nSPS) is 10.7. The van der Waals surface area contributed by atoms with Crippen LogP contribution in [0.2, 0.25) is 0 Å². The molecule has 0 atom stereocenters. The molecule has 0 fully saturated rings. The molecule has 0 saturated heterocycles. The van der Waals surface area contributed by atoms with Gasteiger partial charge in [0.05, 0.1) is 22.7 Å². The van der Waals surface area contributed by atoms with Crippen LogP contribution in [-0.4, -0.2) is 21.3 Å². The molecule has 0 aliphatic heterocycles. The molecule has 0 unspecified atom stereocenters. The van der Waals surface area contributed by atoms with E-state index in [1.165, 1.54) is 0 Å². The first-order valence-corrected chi connectivity index (χ1v) is 6.30. The van der Waals surface area contributed by atoms with Crippen molar-refractivity contribution in [2.45, 2.75) is 32.7 Å². The summed E-state index contributed by atoms with van der Waals surface area (Å²) < 4.78 is 2.17. The number of aliphatic hydroxyl groups is 1. The van der Waals surface area contributed by atoms with Crippen LogP contribution in [0.5, 0.6) is 0 Å². The van der Waals surface area contributed by atoms with Gasteiger partial charge in [-0.2, -0.15) is 5.26 Å². The summed E-state index contributed by atoms with van der Waals surface area (Å²) in [5, 5.41) is 17.7. The molecule has 18 heavy (non-hydrogen) atoms. The summed E-state index contributed by atoms with van der Waals surface area (Å²) >= 11 is 0. The minimum absolute atomic E-state index is 0.227. The number of nitriles is 1. The molecule has 0 bridgehead atoms. The van der Waals surface area contributed by atoms with E-state index in [0.29, 0.717) is 5.56 Å². The molecule has 4 nitrogen and oxygen atoms in total. The van der Waals surface area contributed by atoms with E-state index in [1.54, 1.807) is 0 Å². The maximum atomic E-state index is 8.89. The standard InChI is InChI=1S/C14H17N3O/c1-2-17-13-7-6-11(10-15)9-12(13)16-14(17)5-3-4-8-18/h6-7,9,18H,2-5,8H2,1H3. The van der Waals surface area contributed by atoms with Gasteiger partial charge in [0.25, 0.3) is 0 Å². The molecule has 4 heteroatoms. The molecule has 94 valence electrons. The van der Waals surface area contributed by atoms with Gasteiger partial charge in [-0.15, -0.1) is 0 Å². The monoisotopic (exact) mass is 243 g/mol. The number of hydrogen-bond acceptors (Lipinski definition) is 3. The van der Waals surface area contributed by atoms with Gasteiger partial charge in [0.1, 0.15) is 5.82 Å². The van der Waals surface area contributed by atoms with E-state index < -0.39 is 0 Å². The Kier molecular flexibility index (Phi) is 3.96. The largest absolute Gasteiger partial charge is 0.396 e. The van der Waals surface area contributed by atoms with Crippen molar-refractivity contribution in [2.24, 2.45) is 0 Å². The third-order valence-electron chi connectivity index (χ3n) is 3.08. The van der Waals surface area contributed by atoms with E-state index in [1.807, 2.05) is 18.2 Å². The maximum absolute atomic E-state index is 8.89. The fraction of sp³-hybridized carbons (Fsp3) is 0.429. The number of unbranched alkanes of at least 4 members (excludes halogenated alkanes) is 1. The Labute approximate surface area is 106 Å². The Bertz CT molecular complexity index is 580. The fourth-order valence-electron chi connectivity index (χ4n) is 2.19. The van der Waals surface area contributed by atoms with E-state index in [9.17, 15) is 0 Å². The van der Waals surface area contributed by atoms with Crippen molar-refractivity contribution in [1.82, 2.24) is 9.55 Å². The van der Waals surface area contributed by atoms with Gasteiger partial charge < -0.3 is 9.67 Å². The van der Waals surface area contributed by atoms with Crippen molar-refractivity contribution in [2.75, 3.05) is 6.61 Å². The van der Waals surface area contributed by atoms with Gasteiger partial charge in [0, 0.05) is 19.6 Å². The number of rotatable bonds is 5. The zero-order chi connectivity index (χ0) is 13.0. The van der Waals surface area contributed by atoms with Crippen LogP contribution in [0.1, 0.15) is 31.2 Å². The van der Waals surface area contributed by atoms with E-state index in [4.69, 9.17) is 10.4 Å². The number of fused-ring (bicyclic) bond motifs is 1. The third-order valence-corrected chi connectivity index (χ3v) is 3.08. The third kappa shape index (κ3) is 2.36. The van der Waals surface area contributed by atoms with Crippen molar-refractivity contribution in [3.63, 3.8) is 0 Å². The van der Waals surface area contributed by atoms with Crippen LogP contribution >= 0.6 is 0 Å². The van der Waals surface area contributed by atoms with Gasteiger partial charge in [0.2, 0.25) is 0 Å². The Morgan fingerprint density at radius 2 is 2.22 bits per heavy atom. The van der Waals surface area contributed by atoms with Crippen molar-refractivity contribution in [3.05, 3.63) is 29.6 Å². The van der Waals surface area contributed by atoms with Crippen LogP contribution < -0.4 is 0 Å². The van der Waals surface area contributed by atoms with Gasteiger partial charge in [0.15, 0.2) is 0 Å².